The summed E-state index contributed by atoms with van der Waals surface area (Å²) in [6, 6.07) is 6.82. The molecular weight excluding hydrogens is 433 g/mol. The molecule has 31 heavy (non-hydrogen) atoms. The number of ether oxygens (including phenoxy) is 1. The van der Waals surface area contributed by atoms with E-state index < -0.39 is 12.3 Å². The molecule has 0 fully saturated rings. The van der Waals surface area contributed by atoms with Gasteiger partial charge in [-0.15, -0.1) is 13.2 Å². The number of benzene rings is 1. The third-order valence-corrected chi connectivity index (χ3v) is 5.13. The van der Waals surface area contributed by atoms with Gasteiger partial charge in [0.05, 0.1) is 12.1 Å². The molecule has 11 heteroatoms. The van der Waals surface area contributed by atoms with Crippen LogP contribution >= 0.6 is 11.5 Å². The summed E-state index contributed by atoms with van der Waals surface area (Å²) in [5, 5.41) is 3.05. The molecule has 3 aromatic rings. The molecule has 1 aromatic carbocycles. The molecule has 0 saturated carbocycles. The second kappa shape index (κ2) is 9.48. The highest BCUT2D eigenvalue weighted by Gasteiger charge is 2.31. The lowest BCUT2D eigenvalue weighted by Gasteiger charge is -2.14. The molecule has 2 aromatic heterocycles. The van der Waals surface area contributed by atoms with Gasteiger partial charge in [-0.1, -0.05) is 26.0 Å². The van der Waals surface area contributed by atoms with Crippen LogP contribution in [0.5, 0.6) is 5.75 Å². The molecule has 0 spiro atoms. The van der Waals surface area contributed by atoms with E-state index in [1.54, 1.807) is 13.0 Å². The zero-order valence-corrected chi connectivity index (χ0v) is 17.9. The average Bonchev–Trinajstić information content (AvgIpc) is 3.31. The van der Waals surface area contributed by atoms with Gasteiger partial charge in [0.1, 0.15) is 17.3 Å². The van der Waals surface area contributed by atoms with Crippen LogP contribution in [0.4, 0.5) is 18.3 Å². The largest absolute Gasteiger partial charge is 0.573 e. The fourth-order valence-electron chi connectivity index (χ4n) is 2.88. The second-order valence-corrected chi connectivity index (χ2v) is 7.34. The quantitative estimate of drug-likeness (QED) is 0.510. The zero-order chi connectivity index (χ0) is 22.6. The molecule has 0 aliphatic heterocycles. The van der Waals surface area contributed by atoms with Crippen LogP contribution in [-0.2, 0) is 6.54 Å². The molecule has 166 valence electrons. The Balaban J connectivity index is 1.73. The first-order chi connectivity index (χ1) is 14.7. The fourth-order valence-corrected chi connectivity index (χ4v) is 3.45. The lowest BCUT2D eigenvalue weighted by atomic mass is 10.1. The third kappa shape index (κ3) is 6.05. The van der Waals surface area contributed by atoms with Gasteiger partial charge in [-0.2, -0.15) is 4.37 Å². The number of nitrogens with zero attached hydrogens (tertiary/aromatic N) is 3. The van der Waals surface area contributed by atoms with Gasteiger partial charge in [-0.25, -0.2) is 4.98 Å². The van der Waals surface area contributed by atoms with Crippen molar-refractivity contribution >= 4 is 22.6 Å². The van der Waals surface area contributed by atoms with Crippen LogP contribution in [0.2, 0.25) is 0 Å². The Bertz CT molecular complexity index is 1040. The van der Waals surface area contributed by atoms with Crippen molar-refractivity contribution in [2.75, 3.05) is 18.4 Å². The Kier molecular flexibility index (Phi) is 6.96. The Labute approximate surface area is 181 Å². The Hall–Kier alpha value is -2.92. The maximum atomic E-state index is 12.7. The van der Waals surface area contributed by atoms with Crippen molar-refractivity contribution in [1.29, 1.82) is 0 Å². The molecule has 7 nitrogen and oxygen atoms in total. The molecule has 1 amide bonds. The van der Waals surface area contributed by atoms with Gasteiger partial charge in [-0.05, 0) is 38.2 Å². The lowest BCUT2D eigenvalue weighted by molar-refractivity contribution is -0.274. The molecule has 0 bridgehead atoms. The van der Waals surface area contributed by atoms with E-state index in [-0.39, 0.29) is 17.1 Å². The van der Waals surface area contributed by atoms with Crippen LogP contribution in [0.3, 0.4) is 0 Å². The Morgan fingerprint density at radius 2 is 2.00 bits per heavy atom. The third-order valence-electron chi connectivity index (χ3n) is 4.46. The number of aryl methyl sites for hydroxylation is 1. The van der Waals surface area contributed by atoms with Crippen molar-refractivity contribution in [3.8, 4) is 17.1 Å². The van der Waals surface area contributed by atoms with E-state index in [1.807, 2.05) is 13.8 Å². The van der Waals surface area contributed by atoms with E-state index in [0.29, 0.717) is 28.8 Å². The Morgan fingerprint density at radius 3 is 2.68 bits per heavy atom. The molecule has 0 radical (unpaired) electrons. The minimum atomic E-state index is -4.80. The minimum absolute atomic E-state index is 0.245. The number of nitrogens with one attached hydrogen (secondary N) is 1. The van der Waals surface area contributed by atoms with Gasteiger partial charge in [0.25, 0.3) is 5.91 Å². The van der Waals surface area contributed by atoms with Gasteiger partial charge >= 0.3 is 6.36 Å². The maximum Gasteiger partial charge on any atom is 0.573 e. The topological polar surface area (TPSA) is 80.5 Å². The summed E-state index contributed by atoms with van der Waals surface area (Å²) in [6.45, 7) is 8.00. The van der Waals surface area contributed by atoms with Crippen molar-refractivity contribution in [2.45, 2.75) is 33.7 Å². The number of furan rings is 1. The number of anilines is 1. The van der Waals surface area contributed by atoms with E-state index in [4.69, 9.17) is 4.42 Å². The molecule has 3 rings (SSSR count). The van der Waals surface area contributed by atoms with Crippen LogP contribution in [0.1, 0.15) is 35.8 Å². The van der Waals surface area contributed by atoms with Gasteiger partial charge in [-0.3, -0.25) is 15.0 Å². The molecule has 1 N–H and O–H groups in total. The number of aromatic nitrogens is 2. The monoisotopic (exact) mass is 454 g/mol. The summed E-state index contributed by atoms with van der Waals surface area (Å²) in [5.74, 6) is 0.368. The van der Waals surface area contributed by atoms with Crippen molar-refractivity contribution in [3.05, 3.63) is 47.5 Å². The molecule has 0 atom stereocenters. The number of carbonyl (C=O) groups is 1. The summed E-state index contributed by atoms with van der Waals surface area (Å²) in [6.07, 6.45) is -4.80. The van der Waals surface area contributed by atoms with E-state index >= 15 is 0 Å². The first-order valence-corrected chi connectivity index (χ1v) is 10.3. The van der Waals surface area contributed by atoms with Crippen LogP contribution in [0.15, 0.2) is 34.7 Å². The first kappa shape index (κ1) is 22.8. The van der Waals surface area contributed by atoms with Crippen LogP contribution < -0.4 is 10.1 Å². The van der Waals surface area contributed by atoms with E-state index in [2.05, 4.69) is 24.3 Å². The van der Waals surface area contributed by atoms with Crippen molar-refractivity contribution in [1.82, 2.24) is 14.3 Å². The highest BCUT2D eigenvalue weighted by atomic mass is 32.1. The summed E-state index contributed by atoms with van der Waals surface area (Å²) < 4.78 is 51.2. The number of halogens is 3. The van der Waals surface area contributed by atoms with Crippen LogP contribution in [0, 0.1) is 6.92 Å². The fraction of sp³-hybridized carbons (Fsp3) is 0.350. The first-order valence-electron chi connectivity index (χ1n) is 9.51. The van der Waals surface area contributed by atoms with Crippen LogP contribution in [-0.4, -0.2) is 39.6 Å². The van der Waals surface area contributed by atoms with E-state index in [0.717, 1.165) is 24.6 Å². The van der Waals surface area contributed by atoms with Gasteiger partial charge in [0.15, 0.2) is 5.82 Å². The molecule has 0 saturated heterocycles. The lowest BCUT2D eigenvalue weighted by Crippen LogP contribution is -2.22. The second-order valence-electron chi connectivity index (χ2n) is 6.59. The summed E-state index contributed by atoms with van der Waals surface area (Å²) in [4.78, 5) is 19.1. The molecule has 0 unspecified atom stereocenters. The number of hydrogen-bond donors (Lipinski definition) is 1. The number of hydrogen-bond acceptors (Lipinski definition) is 7. The SMILES string of the molecule is CCN(CC)Cc1nsc(NC(=O)c2cc(-c3cccc(OC(F)(F)F)c3)oc2C)n1. The van der Waals surface area contributed by atoms with Gasteiger partial charge in [0.2, 0.25) is 5.13 Å². The van der Waals surface area contributed by atoms with Gasteiger partial charge < -0.3 is 9.15 Å². The summed E-state index contributed by atoms with van der Waals surface area (Å²) >= 11 is 1.08. The number of carbonyl (C=O) groups excluding carboxylic acids is 1. The van der Waals surface area contributed by atoms with Crippen molar-refractivity contribution in [2.24, 2.45) is 0 Å². The number of amides is 1. The average molecular weight is 454 g/mol. The zero-order valence-electron chi connectivity index (χ0n) is 17.1. The highest BCUT2D eigenvalue weighted by molar-refractivity contribution is 7.09. The smallest absolute Gasteiger partial charge is 0.461 e. The van der Waals surface area contributed by atoms with Crippen LogP contribution in [0.25, 0.3) is 11.3 Å². The minimum Gasteiger partial charge on any atom is -0.461 e. The maximum absolute atomic E-state index is 12.7. The standard InChI is InChI=1S/C20H21F3N4O3S/c1-4-27(5-2)11-17-24-19(31-26-17)25-18(28)15-10-16(29-12(15)3)13-7-6-8-14(9-13)30-20(21,22)23/h6-10H,4-5,11H2,1-3H3,(H,24,25,26,28). The molecule has 2 heterocycles. The number of rotatable bonds is 8. The van der Waals surface area contributed by atoms with Crippen molar-refractivity contribution in [3.63, 3.8) is 0 Å². The van der Waals surface area contributed by atoms with Crippen molar-refractivity contribution < 1.29 is 27.1 Å². The molecule has 0 aliphatic rings. The predicted molar refractivity (Wildman–Crippen MR) is 110 cm³/mol. The summed E-state index contributed by atoms with van der Waals surface area (Å²) in [7, 11) is 0. The summed E-state index contributed by atoms with van der Waals surface area (Å²) in [5.41, 5.74) is 0.596. The van der Waals surface area contributed by atoms with Gasteiger partial charge in [0, 0.05) is 17.1 Å². The van der Waals surface area contributed by atoms with E-state index in [1.165, 1.54) is 24.3 Å². The Morgan fingerprint density at radius 1 is 1.26 bits per heavy atom. The number of alkyl halides is 3. The predicted octanol–water partition coefficient (Wildman–Crippen LogP) is 5.10. The highest BCUT2D eigenvalue weighted by Crippen LogP contribution is 2.31. The van der Waals surface area contributed by atoms with E-state index in [9.17, 15) is 18.0 Å². The molecule has 0 aliphatic carbocycles. The normalized spacial score (nSPS) is 11.7. The molecular formula is C20H21F3N4O3S.